The Morgan fingerprint density at radius 2 is 2.21 bits per heavy atom. The molecule has 3 heteroatoms. The Kier molecular flexibility index (Phi) is 2.35. The molecular weight excluding hydrogens is 240 g/mol. The second kappa shape index (κ2) is 3.39. The Morgan fingerprint density at radius 3 is 2.93 bits per heavy atom. The minimum Gasteiger partial charge on any atom is -0.241 e. The molecule has 2 heterocycles. The van der Waals surface area contributed by atoms with Gasteiger partial charge in [0.15, 0.2) is 0 Å². The van der Waals surface area contributed by atoms with E-state index in [1.54, 1.807) is 0 Å². The van der Waals surface area contributed by atoms with Crippen molar-refractivity contribution < 1.29 is 0 Å². The van der Waals surface area contributed by atoms with Gasteiger partial charge >= 0.3 is 0 Å². The normalized spacial score (nSPS) is 12.2. The van der Waals surface area contributed by atoms with Crippen molar-refractivity contribution in [2.45, 2.75) is 19.3 Å². The summed E-state index contributed by atoms with van der Waals surface area (Å²) in [7, 11) is 0. The van der Waals surface area contributed by atoms with E-state index in [-0.39, 0.29) is 5.41 Å². The maximum atomic E-state index is 4.33. The van der Waals surface area contributed by atoms with E-state index in [2.05, 4.69) is 40.9 Å². The van der Waals surface area contributed by atoms with Gasteiger partial charge in [-0.05, 0) is 12.1 Å². The summed E-state index contributed by atoms with van der Waals surface area (Å²) < 4.78 is 1.92. The fourth-order valence-electron chi connectivity index (χ4n) is 1.53. The molecule has 0 aromatic carbocycles. The van der Waals surface area contributed by atoms with E-state index in [9.17, 15) is 0 Å². The highest BCUT2D eigenvalue weighted by Crippen LogP contribution is 2.28. The number of fused-ring (bicyclic) bond motifs is 1. The molecule has 0 atom stereocenters. The van der Waals surface area contributed by atoms with Gasteiger partial charge in [0.05, 0.1) is 11.7 Å². The van der Waals surface area contributed by atoms with Crippen LogP contribution in [0.3, 0.4) is 0 Å². The molecule has 0 saturated heterocycles. The van der Waals surface area contributed by atoms with Crippen molar-refractivity contribution in [1.29, 1.82) is 0 Å². The van der Waals surface area contributed by atoms with Crippen LogP contribution in [0, 0.1) is 0 Å². The van der Waals surface area contributed by atoms with Crippen LogP contribution in [0.1, 0.15) is 19.4 Å². The lowest BCUT2D eigenvalue weighted by molar-refractivity contribution is 0.612. The van der Waals surface area contributed by atoms with E-state index < -0.39 is 0 Å². The molecule has 2 rings (SSSR count). The van der Waals surface area contributed by atoms with Crippen molar-refractivity contribution in [3.8, 4) is 0 Å². The van der Waals surface area contributed by atoms with Crippen molar-refractivity contribution in [3.05, 3.63) is 36.2 Å². The van der Waals surface area contributed by atoms with Gasteiger partial charge in [-0.3, -0.25) is 0 Å². The number of alkyl halides is 1. The molecule has 74 valence electrons. The number of pyridine rings is 1. The van der Waals surface area contributed by atoms with E-state index in [1.165, 1.54) is 11.1 Å². The first-order valence-corrected chi connectivity index (χ1v) is 5.76. The summed E-state index contributed by atoms with van der Waals surface area (Å²) in [5.41, 5.74) is 2.61. The van der Waals surface area contributed by atoms with Crippen LogP contribution in [0.25, 0.3) is 5.52 Å². The number of halogens is 1. The molecule has 0 N–H and O–H groups in total. The number of rotatable bonds is 2. The monoisotopic (exact) mass is 252 g/mol. The predicted molar refractivity (Wildman–Crippen MR) is 62.0 cm³/mol. The van der Waals surface area contributed by atoms with Crippen LogP contribution in [0.4, 0.5) is 0 Å². The Balaban J connectivity index is 2.64. The van der Waals surface area contributed by atoms with Gasteiger partial charge in [-0.25, -0.2) is 4.52 Å². The van der Waals surface area contributed by atoms with E-state index in [0.29, 0.717) is 0 Å². The average Bonchev–Trinajstić information content (AvgIpc) is 2.61. The second-order valence-electron chi connectivity index (χ2n) is 4.11. The highest BCUT2D eigenvalue weighted by Gasteiger charge is 2.22. The van der Waals surface area contributed by atoms with E-state index >= 15 is 0 Å². The molecule has 2 aromatic heterocycles. The third-order valence-corrected chi connectivity index (χ3v) is 3.89. The molecule has 0 aliphatic heterocycles. The molecule has 0 aliphatic rings. The lowest BCUT2D eigenvalue weighted by atomic mass is 9.88. The SMILES string of the molecule is CC(C)(CBr)c1cnn2ccccc12. The van der Waals surface area contributed by atoms with Gasteiger partial charge < -0.3 is 0 Å². The third kappa shape index (κ3) is 1.46. The van der Waals surface area contributed by atoms with Gasteiger partial charge in [-0.2, -0.15) is 5.10 Å². The van der Waals surface area contributed by atoms with Gasteiger partial charge in [0.2, 0.25) is 0 Å². The molecule has 0 fully saturated rings. The molecule has 0 spiro atoms. The van der Waals surface area contributed by atoms with Gasteiger partial charge in [0.25, 0.3) is 0 Å². The Bertz CT molecular complexity index is 445. The first-order chi connectivity index (χ1) is 6.65. The summed E-state index contributed by atoms with van der Waals surface area (Å²) in [5.74, 6) is 0. The van der Waals surface area contributed by atoms with E-state index in [0.717, 1.165) is 5.33 Å². The smallest absolute Gasteiger partial charge is 0.0699 e. The molecule has 0 unspecified atom stereocenters. The van der Waals surface area contributed by atoms with Crippen LogP contribution >= 0.6 is 15.9 Å². The topological polar surface area (TPSA) is 17.3 Å². The summed E-state index contributed by atoms with van der Waals surface area (Å²) in [5, 5.41) is 5.27. The predicted octanol–water partition coefficient (Wildman–Crippen LogP) is 3.01. The van der Waals surface area contributed by atoms with Crippen LogP contribution in [0.2, 0.25) is 0 Å². The molecule has 14 heavy (non-hydrogen) atoms. The molecule has 0 saturated carbocycles. The standard InChI is InChI=1S/C11H13BrN2/c1-11(2,8-12)9-7-13-14-6-4-3-5-10(9)14/h3-7H,8H2,1-2H3. The maximum absolute atomic E-state index is 4.33. The van der Waals surface area contributed by atoms with Gasteiger partial charge in [0.1, 0.15) is 0 Å². The van der Waals surface area contributed by atoms with Gasteiger partial charge in [-0.15, -0.1) is 0 Å². The van der Waals surface area contributed by atoms with E-state index in [4.69, 9.17) is 0 Å². The van der Waals surface area contributed by atoms with Crippen molar-refractivity contribution in [2.24, 2.45) is 0 Å². The molecule has 0 aliphatic carbocycles. The fourth-order valence-corrected chi connectivity index (χ4v) is 1.83. The van der Waals surface area contributed by atoms with Gasteiger partial charge in [-0.1, -0.05) is 35.8 Å². The lowest BCUT2D eigenvalue weighted by Gasteiger charge is -2.20. The summed E-state index contributed by atoms with van der Waals surface area (Å²) in [6.45, 7) is 4.43. The van der Waals surface area contributed by atoms with Crippen LogP contribution in [-0.2, 0) is 5.41 Å². The Morgan fingerprint density at radius 1 is 1.43 bits per heavy atom. The fraction of sp³-hybridized carbons (Fsp3) is 0.364. The third-order valence-electron chi connectivity index (χ3n) is 2.49. The molecule has 0 amide bonds. The molecule has 0 bridgehead atoms. The summed E-state index contributed by atoms with van der Waals surface area (Å²) in [6, 6.07) is 6.14. The molecule has 0 radical (unpaired) electrons. The average molecular weight is 253 g/mol. The Labute approximate surface area is 92.1 Å². The number of hydrogen-bond donors (Lipinski definition) is 0. The molecule has 2 nitrogen and oxygen atoms in total. The van der Waals surface area contributed by atoms with E-state index in [1.807, 2.05) is 29.0 Å². The number of hydrogen-bond acceptors (Lipinski definition) is 1. The maximum Gasteiger partial charge on any atom is 0.0699 e. The van der Waals surface area contributed by atoms with Gasteiger partial charge in [0, 0.05) is 22.5 Å². The summed E-state index contributed by atoms with van der Waals surface area (Å²) >= 11 is 3.54. The van der Waals surface area contributed by atoms with Crippen LogP contribution in [0.5, 0.6) is 0 Å². The van der Waals surface area contributed by atoms with Crippen molar-refractivity contribution in [1.82, 2.24) is 9.61 Å². The molecule has 2 aromatic rings. The van der Waals surface area contributed by atoms with Crippen molar-refractivity contribution >= 4 is 21.4 Å². The minimum atomic E-state index is 0.128. The zero-order chi connectivity index (χ0) is 10.2. The summed E-state index contributed by atoms with van der Waals surface area (Å²) in [6.07, 6.45) is 3.93. The van der Waals surface area contributed by atoms with Crippen molar-refractivity contribution in [2.75, 3.05) is 5.33 Å². The highest BCUT2D eigenvalue weighted by atomic mass is 79.9. The zero-order valence-electron chi connectivity index (χ0n) is 8.37. The Hall–Kier alpha value is -0.830. The summed E-state index contributed by atoms with van der Waals surface area (Å²) in [4.78, 5) is 0. The number of aromatic nitrogens is 2. The van der Waals surface area contributed by atoms with Crippen LogP contribution in [-0.4, -0.2) is 14.9 Å². The zero-order valence-corrected chi connectivity index (χ0v) is 9.95. The first kappa shape index (κ1) is 9.71. The first-order valence-electron chi connectivity index (χ1n) is 4.64. The largest absolute Gasteiger partial charge is 0.241 e. The lowest BCUT2D eigenvalue weighted by Crippen LogP contribution is -2.18. The quantitative estimate of drug-likeness (QED) is 0.752. The number of nitrogens with zero attached hydrogens (tertiary/aromatic N) is 2. The van der Waals surface area contributed by atoms with Crippen LogP contribution < -0.4 is 0 Å². The second-order valence-corrected chi connectivity index (χ2v) is 4.67. The molecular formula is C11H13BrN2. The minimum absolute atomic E-state index is 0.128. The van der Waals surface area contributed by atoms with Crippen LogP contribution in [0.15, 0.2) is 30.6 Å². The van der Waals surface area contributed by atoms with Crippen molar-refractivity contribution in [3.63, 3.8) is 0 Å². The highest BCUT2D eigenvalue weighted by molar-refractivity contribution is 9.09.